The van der Waals surface area contributed by atoms with Gasteiger partial charge in [-0.05, 0) is 31.4 Å². The Labute approximate surface area is 251 Å². The Morgan fingerprint density at radius 1 is 0.450 bits per heavy atom. The van der Waals surface area contributed by atoms with Crippen molar-refractivity contribution in [3.63, 3.8) is 0 Å². The van der Waals surface area contributed by atoms with Crippen LogP contribution in [-0.4, -0.2) is 17.6 Å². The monoisotopic (exact) mass is 553 g/mol. The molecular formula is C38H68N2. The third kappa shape index (κ3) is 16.7. The van der Waals surface area contributed by atoms with Gasteiger partial charge in [0, 0.05) is 24.6 Å². The molecule has 1 aromatic carbocycles. The second-order valence-electron chi connectivity index (χ2n) is 12.7. The van der Waals surface area contributed by atoms with Crippen molar-refractivity contribution < 1.29 is 0 Å². The molecule has 1 aliphatic rings. The molecule has 0 bridgehead atoms. The molecule has 1 aromatic rings. The predicted octanol–water partition coefficient (Wildman–Crippen LogP) is 12.8. The maximum atomic E-state index is 2.64. The number of unbranched alkanes of at least 4 members (excludes halogenated alkanes) is 23. The highest BCUT2D eigenvalue weighted by Gasteiger charge is 2.26. The van der Waals surface area contributed by atoms with E-state index in [2.05, 4.69) is 66.4 Å². The molecule has 1 aliphatic heterocycles. The Balaban J connectivity index is 1.56. The van der Waals surface area contributed by atoms with Crippen molar-refractivity contribution in [2.75, 3.05) is 11.4 Å². The molecule has 0 spiro atoms. The number of nitrogens with zero attached hydrogens (tertiary/aromatic N) is 2. The Morgan fingerprint density at radius 2 is 0.850 bits per heavy atom. The fraction of sp³-hybridized carbons (Fsp3) is 0.789. The van der Waals surface area contributed by atoms with Crippen LogP contribution in [0.25, 0.3) is 0 Å². The van der Waals surface area contributed by atoms with Crippen LogP contribution in [0.15, 0.2) is 42.7 Å². The van der Waals surface area contributed by atoms with Crippen LogP contribution in [0.5, 0.6) is 0 Å². The molecule has 0 saturated heterocycles. The normalized spacial score (nSPS) is 15.0. The number of hydrogen-bond acceptors (Lipinski definition) is 2. The maximum Gasteiger partial charge on any atom is 0.105 e. The van der Waals surface area contributed by atoms with Crippen molar-refractivity contribution >= 4 is 5.69 Å². The van der Waals surface area contributed by atoms with E-state index in [1.165, 1.54) is 179 Å². The summed E-state index contributed by atoms with van der Waals surface area (Å²) in [5.74, 6) is 0. The summed E-state index contributed by atoms with van der Waals surface area (Å²) in [5, 5.41) is 0. The summed E-state index contributed by atoms with van der Waals surface area (Å²) in [6.07, 6.45) is 42.1. The van der Waals surface area contributed by atoms with E-state index >= 15 is 0 Å². The first kappa shape index (κ1) is 34.8. The average Bonchev–Trinajstić information content (AvgIpc) is 3.39. The summed E-state index contributed by atoms with van der Waals surface area (Å²) in [6, 6.07) is 11.0. The van der Waals surface area contributed by atoms with Crippen LogP contribution in [0.1, 0.15) is 181 Å². The fourth-order valence-corrected chi connectivity index (χ4v) is 6.38. The molecule has 1 atom stereocenters. The summed E-state index contributed by atoms with van der Waals surface area (Å²) in [5.41, 5.74) is 1.34. The van der Waals surface area contributed by atoms with Crippen molar-refractivity contribution in [1.82, 2.24) is 4.90 Å². The number of para-hydroxylation sites is 1. The summed E-state index contributed by atoms with van der Waals surface area (Å²) in [6.45, 7) is 5.82. The van der Waals surface area contributed by atoms with E-state index in [1.807, 2.05) is 0 Å². The van der Waals surface area contributed by atoms with Crippen molar-refractivity contribution in [1.29, 1.82) is 0 Å². The Morgan fingerprint density at radius 3 is 1.30 bits per heavy atom. The molecule has 40 heavy (non-hydrogen) atoms. The lowest BCUT2D eigenvalue weighted by Crippen LogP contribution is -2.39. The summed E-state index contributed by atoms with van der Waals surface area (Å²) < 4.78 is 0. The molecule has 1 heterocycles. The Kier molecular flexibility index (Phi) is 22.0. The number of hydrogen-bond donors (Lipinski definition) is 0. The smallest absolute Gasteiger partial charge is 0.105 e. The SMILES string of the molecule is CCCCCCCCCCCCCCCC1N(CCCCCCCCCCCCCC)C=CN1c1ccccc1. The first-order valence-electron chi connectivity index (χ1n) is 18.1. The zero-order valence-electron chi connectivity index (χ0n) is 27.1. The third-order valence-corrected chi connectivity index (χ3v) is 9.01. The zero-order valence-corrected chi connectivity index (χ0v) is 27.1. The molecule has 0 radical (unpaired) electrons. The minimum Gasteiger partial charge on any atom is -0.356 e. The highest BCUT2D eigenvalue weighted by atomic mass is 15.4. The van der Waals surface area contributed by atoms with E-state index in [-0.39, 0.29) is 0 Å². The maximum absolute atomic E-state index is 2.64. The zero-order chi connectivity index (χ0) is 28.4. The Hall–Kier alpha value is -1.44. The van der Waals surface area contributed by atoms with Crippen LogP contribution < -0.4 is 4.90 Å². The van der Waals surface area contributed by atoms with E-state index in [0.29, 0.717) is 6.17 Å². The highest BCUT2D eigenvalue weighted by Crippen LogP contribution is 2.28. The lowest BCUT2D eigenvalue weighted by Gasteiger charge is -2.33. The molecular weight excluding hydrogens is 484 g/mol. The van der Waals surface area contributed by atoms with E-state index in [0.717, 1.165) is 0 Å². The van der Waals surface area contributed by atoms with Crippen LogP contribution >= 0.6 is 0 Å². The molecule has 0 N–H and O–H groups in total. The quantitative estimate of drug-likeness (QED) is 0.0954. The molecule has 0 fully saturated rings. The van der Waals surface area contributed by atoms with Gasteiger partial charge < -0.3 is 9.80 Å². The second-order valence-corrected chi connectivity index (χ2v) is 12.7. The number of rotatable bonds is 28. The first-order chi connectivity index (χ1) is 19.9. The van der Waals surface area contributed by atoms with Crippen molar-refractivity contribution in [2.45, 2.75) is 187 Å². The van der Waals surface area contributed by atoms with Crippen molar-refractivity contribution in [2.24, 2.45) is 0 Å². The van der Waals surface area contributed by atoms with Gasteiger partial charge in [-0.2, -0.15) is 0 Å². The van der Waals surface area contributed by atoms with Crippen LogP contribution in [-0.2, 0) is 0 Å². The lowest BCUT2D eigenvalue weighted by molar-refractivity contribution is 0.273. The number of benzene rings is 1. The van der Waals surface area contributed by atoms with E-state index in [1.54, 1.807) is 0 Å². The van der Waals surface area contributed by atoms with Gasteiger partial charge in [0.25, 0.3) is 0 Å². The molecule has 0 amide bonds. The molecule has 230 valence electrons. The molecule has 0 aliphatic carbocycles. The van der Waals surface area contributed by atoms with E-state index in [4.69, 9.17) is 0 Å². The summed E-state index contributed by atoms with van der Waals surface area (Å²) in [4.78, 5) is 5.17. The van der Waals surface area contributed by atoms with Gasteiger partial charge in [0.15, 0.2) is 0 Å². The van der Waals surface area contributed by atoms with Crippen LogP contribution in [0, 0.1) is 0 Å². The number of anilines is 1. The topological polar surface area (TPSA) is 6.48 Å². The van der Waals surface area contributed by atoms with Gasteiger partial charge in [0.05, 0.1) is 0 Å². The van der Waals surface area contributed by atoms with Gasteiger partial charge in [0.1, 0.15) is 6.17 Å². The van der Waals surface area contributed by atoms with Gasteiger partial charge in [-0.15, -0.1) is 0 Å². The average molecular weight is 553 g/mol. The molecule has 0 aromatic heterocycles. The fourth-order valence-electron chi connectivity index (χ4n) is 6.38. The van der Waals surface area contributed by atoms with Crippen LogP contribution in [0.2, 0.25) is 0 Å². The summed E-state index contributed by atoms with van der Waals surface area (Å²) in [7, 11) is 0. The van der Waals surface area contributed by atoms with E-state index < -0.39 is 0 Å². The van der Waals surface area contributed by atoms with E-state index in [9.17, 15) is 0 Å². The third-order valence-electron chi connectivity index (χ3n) is 9.01. The van der Waals surface area contributed by atoms with Crippen LogP contribution in [0.4, 0.5) is 5.69 Å². The highest BCUT2D eigenvalue weighted by molar-refractivity contribution is 5.51. The molecule has 2 nitrogen and oxygen atoms in total. The second kappa shape index (κ2) is 25.3. The van der Waals surface area contributed by atoms with Gasteiger partial charge >= 0.3 is 0 Å². The van der Waals surface area contributed by atoms with Crippen LogP contribution in [0.3, 0.4) is 0 Å². The predicted molar refractivity (Wildman–Crippen MR) is 180 cm³/mol. The van der Waals surface area contributed by atoms with Gasteiger partial charge in [0.2, 0.25) is 0 Å². The molecule has 2 heteroatoms. The lowest BCUT2D eigenvalue weighted by atomic mass is 10.0. The molecule has 1 unspecified atom stereocenters. The standard InChI is InChI=1S/C38H68N2/c1-3-5-7-9-11-13-15-17-18-20-22-24-29-33-38-39(35-36-40(38)37-31-27-26-28-32-37)34-30-25-23-21-19-16-14-12-10-8-6-4-2/h26-28,31-32,35-36,38H,3-25,29-30,33-34H2,1-2H3. The largest absolute Gasteiger partial charge is 0.356 e. The molecule has 0 saturated carbocycles. The van der Waals surface area contributed by atoms with Crippen molar-refractivity contribution in [3.8, 4) is 0 Å². The summed E-state index contributed by atoms with van der Waals surface area (Å²) >= 11 is 0. The Bertz CT molecular complexity index is 684. The van der Waals surface area contributed by atoms with Gasteiger partial charge in [-0.1, -0.05) is 180 Å². The van der Waals surface area contributed by atoms with Crippen molar-refractivity contribution in [3.05, 3.63) is 42.7 Å². The van der Waals surface area contributed by atoms with Gasteiger partial charge in [-0.25, -0.2) is 0 Å². The first-order valence-corrected chi connectivity index (χ1v) is 18.1. The van der Waals surface area contributed by atoms with Gasteiger partial charge in [-0.3, -0.25) is 0 Å². The minimum atomic E-state index is 0.503. The molecule has 2 rings (SSSR count). The minimum absolute atomic E-state index is 0.503.